The van der Waals surface area contributed by atoms with E-state index in [1.54, 1.807) is 11.1 Å². The van der Waals surface area contributed by atoms with Crippen molar-refractivity contribution in [2.45, 2.75) is 19.8 Å². The van der Waals surface area contributed by atoms with Crippen LogP contribution < -0.4 is 0 Å². The normalized spacial score (nSPS) is 22.5. The van der Waals surface area contributed by atoms with Crippen molar-refractivity contribution in [2.24, 2.45) is 5.92 Å². The van der Waals surface area contributed by atoms with Crippen LogP contribution in [0.4, 0.5) is 0 Å². The highest BCUT2D eigenvalue weighted by Crippen LogP contribution is 2.21. The molecule has 0 radical (unpaired) electrons. The molecule has 24 heavy (non-hydrogen) atoms. The molecular formula is C17H25N5O2. The van der Waals surface area contributed by atoms with Gasteiger partial charge in [-0.1, -0.05) is 6.92 Å². The highest BCUT2D eigenvalue weighted by atomic mass is 16.2. The molecule has 3 heterocycles. The molecule has 3 rings (SSSR count). The largest absolute Gasteiger partial charge is 0.340 e. The van der Waals surface area contributed by atoms with Gasteiger partial charge in [0, 0.05) is 51.7 Å². The van der Waals surface area contributed by atoms with Crippen molar-refractivity contribution >= 4 is 11.8 Å². The molecule has 7 heteroatoms. The minimum atomic E-state index is -0.128. The fraction of sp³-hybridized carbons (Fsp3) is 0.647. The number of rotatable bonds is 3. The number of likely N-dealkylation sites (N-methyl/N-ethyl adjacent to an activating group) is 1. The molecule has 0 saturated carbocycles. The van der Waals surface area contributed by atoms with Gasteiger partial charge < -0.3 is 14.7 Å². The fourth-order valence-corrected chi connectivity index (χ4v) is 3.48. The number of carbonyl (C=O) groups is 2. The lowest BCUT2D eigenvalue weighted by Crippen LogP contribution is -2.53. The van der Waals surface area contributed by atoms with Crippen molar-refractivity contribution < 1.29 is 9.59 Å². The summed E-state index contributed by atoms with van der Waals surface area (Å²) < 4.78 is 0. The first kappa shape index (κ1) is 16.8. The lowest BCUT2D eigenvalue weighted by molar-refractivity contribution is -0.138. The van der Waals surface area contributed by atoms with Crippen molar-refractivity contribution in [1.29, 1.82) is 0 Å². The Bertz CT molecular complexity index is 572. The molecule has 0 spiro atoms. The number of likely N-dealkylation sites (tertiary alicyclic amines) is 1. The average Bonchev–Trinajstić information content (AvgIpc) is 2.67. The van der Waals surface area contributed by atoms with E-state index in [4.69, 9.17) is 0 Å². The van der Waals surface area contributed by atoms with E-state index >= 15 is 0 Å². The lowest BCUT2D eigenvalue weighted by Gasteiger charge is -2.38. The van der Waals surface area contributed by atoms with Crippen molar-refractivity contribution in [1.82, 2.24) is 24.7 Å². The Morgan fingerprint density at radius 1 is 1.12 bits per heavy atom. The molecule has 0 N–H and O–H groups in total. The zero-order valence-corrected chi connectivity index (χ0v) is 14.2. The molecular weight excluding hydrogens is 306 g/mol. The van der Waals surface area contributed by atoms with Crippen LogP contribution in [0.15, 0.2) is 18.6 Å². The highest BCUT2D eigenvalue weighted by Gasteiger charge is 2.33. The van der Waals surface area contributed by atoms with E-state index < -0.39 is 0 Å². The maximum Gasteiger partial charge on any atom is 0.274 e. The quantitative estimate of drug-likeness (QED) is 0.806. The van der Waals surface area contributed by atoms with Crippen molar-refractivity contribution in [3.63, 3.8) is 0 Å². The lowest BCUT2D eigenvalue weighted by atomic mass is 9.96. The summed E-state index contributed by atoms with van der Waals surface area (Å²) in [6.45, 7) is 7.82. The number of amides is 2. The highest BCUT2D eigenvalue weighted by molar-refractivity contribution is 5.92. The molecule has 1 aromatic heterocycles. The van der Waals surface area contributed by atoms with Gasteiger partial charge in [-0.3, -0.25) is 14.6 Å². The van der Waals surface area contributed by atoms with Crippen LogP contribution in [0.1, 0.15) is 30.3 Å². The molecule has 1 atom stereocenters. The standard InChI is InChI=1S/C17H25N5O2/c1-2-20-8-10-21(11-9-20)16(23)14-4-3-7-22(13-14)17(24)15-12-18-5-6-19-15/h5-6,12,14H,2-4,7-11,13H2,1H3. The minimum absolute atomic E-state index is 0.0902. The van der Waals surface area contributed by atoms with E-state index in [0.29, 0.717) is 18.8 Å². The Hall–Kier alpha value is -2.02. The van der Waals surface area contributed by atoms with Crippen LogP contribution in [0.2, 0.25) is 0 Å². The van der Waals surface area contributed by atoms with Gasteiger partial charge in [-0.15, -0.1) is 0 Å². The monoisotopic (exact) mass is 331 g/mol. The van der Waals surface area contributed by atoms with Crippen LogP contribution in [0.5, 0.6) is 0 Å². The van der Waals surface area contributed by atoms with Gasteiger partial charge in [0.15, 0.2) is 0 Å². The van der Waals surface area contributed by atoms with Crippen molar-refractivity contribution in [2.75, 3.05) is 45.8 Å². The molecule has 2 aliphatic rings. The minimum Gasteiger partial charge on any atom is -0.340 e. The van der Waals surface area contributed by atoms with Gasteiger partial charge in [-0.05, 0) is 19.4 Å². The SMILES string of the molecule is CCN1CCN(C(=O)C2CCCN(C(=O)c3cnccn3)C2)CC1. The first-order valence-electron chi connectivity index (χ1n) is 8.75. The van der Waals surface area contributed by atoms with Gasteiger partial charge in [0.25, 0.3) is 5.91 Å². The fourth-order valence-electron chi connectivity index (χ4n) is 3.48. The van der Waals surface area contributed by atoms with Crippen molar-refractivity contribution in [3.05, 3.63) is 24.3 Å². The summed E-state index contributed by atoms with van der Waals surface area (Å²) in [6.07, 6.45) is 6.27. The number of hydrogen-bond acceptors (Lipinski definition) is 5. The Morgan fingerprint density at radius 2 is 1.92 bits per heavy atom. The van der Waals surface area contributed by atoms with Gasteiger partial charge in [-0.2, -0.15) is 0 Å². The average molecular weight is 331 g/mol. The molecule has 0 bridgehead atoms. The number of nitrogens with zero attached hydrogens (tertiary/aromatic N) is 5. The zero-order valence-electron chi connectivity index (χ0n) is 14.2. The first-order chi connectivity index (χ1) is 11.7. The summed E-state index contributed by atoms with van der Waals surface area (Å²) in [5.74, 6) is -0.0219. The Kier molecular flexibility index (Phi) is 5.40. The molecule has 2 amide bonds. The number of aromatic nitrogens is 2. The number of piperazine rings is 1. The summed E-state index contributed by atoms with van der Waals surface area (Å²) in [7, 11) is 0. The van der Waals surface area contributed by atoms with Gasteiger partial charge >= 0.3 is 0 Å². The van der Waals surface area contributed by atoms with Gasteiger partial charge in [0.2, 0.25) is 5.91 Å². The second-order valence-corrected chi connectivity index (χ2v) is 6.44. The van der Waals surface area contributed by atoms with Crippen LogP contribution >= 0.6 is 0 Å². The molecule has 2 saturated heterocycles. The summed E-state index contributed by atoms with van der Waals surface area (Å²) in [6, 6.07) is 0. The predicted octanol–water partition coefficient (Wildman–Crippen LogP) is 0.493. The molecule has 2 aliphatic heterocycles. The van der Waals surface area contributed by atoms with Crippen LogP contribution in [-0.4, -0.2) is 82.3 Å². The maximum atomic E-state index is 12.8. The van der Waals surface area contributed by atoms with Crippen LogP contribution in [0.25, 0.3) is 0 Å². The molecule has 0 aliphatic carbocycles. The van der Waals surface area contributed by atoms with Crippen LogP contribution in [0, 0.1) is 5.92 Å². The Morgan fingerprint density at radius 3 is 2.58 bits per heavy atom. The van der Waals surface area contributed by atoms with E-state index in [-0.39, 0.29) is 17.7 Å². The Labute approximate surface area is 142 Å². The van der Waals surface area contributed by atoms with Gasteiger partial charge in [-0.25, -0.2) is 4.98 Å². The maximum absolute atomic E-state index is 12.8. The summed E-state index contributed by atoms with van der Waals surface area (Å²) in [4.78, 5) is 39.4. The number of hydrogen-bond donors (Lipinski definition) is 0. The summed E-state index contributed by atoms with van der Waals surface area (Å²) in [5.41, 5.74) is 0.349. The summed E-state index contributed by atoms with van der Waals surface area (Å²) in [5, 5.41) is 0. The number of piperidine rings is 1. The summed E-state index contributed by atoms with van der Waals surface area (Å²) >= 11 is 0. The van der Waals surface area contributed by atoms with E-state index in [1.807, 2.05) is 4.90 Å². The molecule has 1 aromatic rings. The van der Waals surface area contributed by atoms with Gasteiger partial charge in [0.1, 0.15) is 5.69 Å². The van der Waals surface area contributed by atoms with Gasteiger partial charge in [0.05, 0.1) is 12.1 Å². The third kappa shape index (κ3) is 3.72. The second-order valence-electron chi connectivity index (χ2n) is 6.44. The molecule has 130 valence electrons. The third-order valence-corrected chi connectivity index (χ3v) is 4.97. The van der Waals surface area contributed by atoms with Crippen LogP contribution in [0.3, 0.4) is 0 Å². The predicted molar refractivity (Wildman–Crippen MR) is 89.4 cm³/mol. The molecule has 7 nitrogen and oxygen atoms in total. The van der Waals surface area contributed by atoms with E-state index in [2.05, 4.69) is 21.8 Å². The Balaban J connectivity index is 1.59. The van der Waals surface area contributed by atoms with Crippen molar-refractivity contribution in [3.8, 4) is 0 Å². The third-order valence-electron chi connectivity index (χ3n) is 4.97. The molecule has 1 unspecified atom stereocenters. The molecule has 0 aromatic carbocycles. The molecule has 2 fully saturated rings. The van der Waals surface area contributed by atoms with Crippen LogP contribution in [-0.2, 0) is 4.79 Å². The second kappa shape index (κ2) is 7.70. The van der Waals surface area contributed by atoms with E-state index in [1.165, 1.54) is 12.4 Å². The zero-order chi connectivity index (χ0) is 16.9. The first-order valence-corrected chi connectivity index (χ1v) is 8.75. The smallest absolute Gasteiger partial charge is 0.274 e. The topological polar surface area (TPSA) is 69.6 Å². The van der Waals surface area contributed by atoms with E-state index in [9.17, 15) is 9.59 Å². The number of carbonyl (C=O) groups excluding carboxylic acids is 2. The van der Waals surface area contributed by atoms with E-state index in [0.717, 1.165) is 45.6 Å².